The number of carbonyl (C=O) groups excluding carboxylic acids is 2. The Labute approximate surface area is 158 Å². The van der Waals surface area contributed by atoms with Gasteiger partial charge in [-0.05, 0) is 56.9 Å². The molecule has 3 aliphatic rings. The van der Waals surface area contributed by atoms with Crippen LogP contribution in [0, 0.1) is 22.7 Å². The highest BCUT2D eigenvalue weighted by atomic mass is 16.5. The van der Waals surface area contributed by atoms with Crippen LogP contribution in [0.15, 0.2) is 11.6 Å². The van der Waals surface area contributed by atoms with E-state index in [4.69, 9.17) is 4.74 Å². The van der Waals surface area contributed by atoms with E-state index in [0.29, 0.717) is 18.3 Å². The highest BCUT2D eigenvalue weighted by Crippen LogP contribution is 2.58. The Morgan fingerprint density at radius 1 is 1.31 bits per heavy atom. The summed E-state index contributed by atoms with van der Waals surface area (Å²) < 4.78 is 5.80. The summed E-state index contributed by atoms with van der Waals surface area (Å²) in [4.78, 5) is 24.7. The van der Waals surface area contributed by atoms with Gasteiger partial charge in [0.2, 0.25) is 5.91 Å². The normalized spacial score (nSPS) is 44.2. The van der Waals surface area contributed by atoms with Crippen molar-refractivity contribution in [3.05, 3.63) is 11.6 Å². The summed E-state index contributed by atoms with van der Waals surface area (Å²) in [6.45, 7) is 8.36. The van der Waals surface area contributed by atoms with E-state index >= 15 is 0 Å². The van der Waals surface area contributed by atoms with E-state index in [2.05, 4.69) is 26.1 Å². The Morgan fingerprint density at radius 3 is 2.65 bits per heavy atom. The van der Waals surface area contributed by atoms with E-state index in [1.54, 1.807) is 14.0 Å². The zero-order chi connectivity index (χ0) is 19.1. The fourth-order valence-electron chi connectivity index (χ4n) is 6.60. The molecule has 1 aliphatic heterocycles. The molecular formula is C22H35NO3. The molecule has 0 spiro atoms. The first-order valence-corrected chi connectivity index (χ1v) is 10.3. The second-order valence-electron chi connectivity index (χ2n) is 9.29. The number of rotatable bonds is 4. The van der Waals surface area contributed by atoms with Crippen molar-refractivity contribution in [3.8, 4) is 0 Å². The standard InChI is InChI=1S/C22H35NO3/c1-6-11-21(3)15(12-14(2)24)7-8-16-17-9-10-18(26-5)22(17,4)13-19(25)23-20(16)21/h12,16-18,20H,6-11,13H2,1-5H3,(H,23,25)/b15-12-/t16?,17-,18?,20-,21?,22?/m0/s1. The van der Waals surface area contributed by atoms with Gasteiger partial charge in [0.15, 0.2) is 5.78 Å². The fraction of sp³-hybridized carbons (Fsp3) is 0.818. The minimum absolute atomic E-state index is 0.0762. The maximum Gasteiger partial charge on any atom is 0.220 e. The SMILES string of the molecule is CCCC1(C)/C(=C\C(C)=O)CCC2[C@@H]1NC(=O)CC1(C)C(OC)CC[C@@H]21. The predicted molar refractivity (Wildman–Crippen MR) is 103 cm³/mol. The smallest absolute Gasteiger partial charge is 0.220 e. The van der Waals surface area contributed by atoms with Crippen LogP contribution in [0.2, 0.25) is 0 Å². The van der Waals surface area contributed by atoms with Gasteiger partial charge in [0.1, 0.15) is 0 Å². The van der Waals surface area contributed by atoms with E-state index in [0.717, 1.165) is 38.5 Å². The van der Waals surface area contributed by atoms with Gasteiger partial charge in [-0.25, -0.2) is 0 Å². The maximum absolute atomic E-state index is 12.9. The van der Waals surface area contributed by atoms with Crippen molar-refractivity contribution >= 4 is 11.7 Å². The minimum Gasteiger partial charge on any atom is -0.381 e. The lowest BCUT2D eigenvalue weighted by molar-refractivity contribution is -0.125. The number of hydrogen-bond donors (Lipinski definition) is 1. The second kappa shape index (κ2) is 7.10. The number of carbonyl (C=O) groups is 2. The molecule has 2 aliphatic carbocycles. The number of allylic oxidation sites excluding steroid dienone is 1. The molecule has 146 valence electrons. The van der Waals surface area contributed by atoms with E-state index in [1.165, 1.54) is 5.57 Å². The zero-order valence-corrected chi connectivity index (χ0v) is 17.1. The minimum atomic E-state index is -0.130. The fourth-order valence-corrected chi connectivity index (χ4v) is 6.60. The van der Waals surface area contributed by atoms with Crippen molar-refractivity contribution in [1.82, 2.24) is 5.32 Å². The monoisotopic (exact) mass is 361 g/mol. The van der Waals surface area contributed by atoms with Crippen LogP contribution in [0.1, 0.15) is 72.6 Å². The van der Waals surface area contributed by atoms with Crippen molar-refractivity contribution < 1.29 is 14.3 Å². The Balaban J connectivity index is 2.03. The predicted octanol–water partition coefficient (Wildman–Crippen LogP) is 4.04. The van der Waals surface area contributed by atoms with Gasteiger partial charge in [0, 0.05) is 30.4 Å². The largest absolute Gasteiger partial charge is 0.381 e. The van der Waals surface area contributed by atoms with Gasteiger partial charge in [-0.1, -0.05) is 32.8 Å². The summed E-state index contributed by atoms with van der Waals surface area (Å²) in [5.74, 6) is 1.24. The lowest BCUT2D eigenvalue weighted by Crippen LogP contribution is -2.54. The average Bonchev–Trinajstić information content (AvgIpc) is 2.81. The summed E-state index contributed by atoms with van der Waals surface area (Å²) in [5, 5.41) is 3.41. The number of fused-ring (bicyclic) bond motifs is 3. The second-order valence-corrected chi connectivity index (χ2v) is 9.29. The lowest BCUT2D eigenvalue weighted by Gasteiger charge is -2.50. The Hall–Kier alpha value is -1.16. The molecule has 2 saturated carbocycles. The number of ether oxygens (including phenoxy) is 1. The van der Waals surface area contributed by atoms with Gasteiger partial charge in [-0.3, -0.25) is 9.59 Å². The number of hydrogen-bond acceptors (Lipinski definition) is 3. The van der Waals surface area contributed by atoms with E-state index in [-0.39, 0.29) is 34.7 Å². The van der Waals surface area contributed by atoms with Crippen LogP contribution >= 0.6 is 0 Å². The van der Waals surface area contributed by atoms with Crippen LogP contribution in [0.25, 0.3) is 0 Å². The summed E-state index contributed by atoms with van der Waals surface area (Å²) in [7, 11) is 1.79. The number of ketones is 1. The van der Waals surface area contributed by atoms with Crippen LogP contribution < -0.4 is 5.32 Å². The van der Waals surface area contributed by atoms with Gasteiger partial charge in [0.05, 0.1) is 6.10 Å². The van der Waals surface area contributed by atoms with Crippen LogP contribution in [-0.4, -0.2) is 30.9 Å². The number of nitrogens with one attached hydrogen (secondary N) is 1. The maximum atomic E-state index is 12.9. The summed E-state index contributed by atoms with van der Waals surface area (Å²) in [6, 6.07) is 0.122. The molecule has 0 bridgehead atoms. The molecule has 0 aromatic rings. The van der Waals surface area contributed by atoms with E-state index in [9.17, 15) is 9.59 Å². The molecule has 6 atom stereocenters. The van der Waals surface area contributed by atoms with Gasteiger partial charge in [0.25, 0.3) is 0 Å². The van der Waals surface area contributed by atoms with Crippen molar-refractivity contribution in [1.29, 1.82) is 0 Å². The zero-order valence-electron chi connectivity index (χ0n) is 17.1. The molecule has 26 heavy (non-hydrogen) atoms. The molecular weight excluding hydrogens is 326 g/mol. The average molecular weight is 362 g/mol. The third-order valence-corrected chi connectivity index (χ3v) is 7.72. The summed E-state index contributed by atoms with van der Waals surface area (Å²) in [6.07, 6.45) is 8.83. The first-order chi connectivity index (χ1) is 12.3. The Kier molecular flexibility index (Phi) is 5.35. The number of methoxy groups -OCH3 is 1. The molecule has 0 aromatic carbocycles. The lowest BCUT2D eigenvalue weighted by atomic mass is 9.56. The Bertz CT molecular complexity index is 613. The number of amides is 1. The van der Waals surface area contributed by atoms with Crippen molar-refractivity contribution in [3.63, 3.8) is 0 Å². The Morgan fingerprint density at radius 2 is 2.04 bits per heavy atom. The molecule has 4 nitrogen and oxygen atoms in total. The molecule has 1 heterocycles. The van der Waals surface area contributed by atoms with Gasteiger partial charge >= 0.3 is 0 Å². The first-order valence-electron chi connectivity index (χ1n) is 10.3. The molecule has 3 fully saturated rings. The molecule has 1 amide bonds. The van der Waals surface area contributed by atoms with Crippen molar-refractivity contribution in [2.24, 2.45) is 22.7 Å². The van der Waals surface area contributed by atoms with Gasteiger partial charge in [-0.2, -0.15) is 0 Å². The molecule has 3 rings (SSSR count). The highest BCUT2D eigenvalue weighted by Gasteiger charge is 2.58. The highest BCUT2D eigenvalue weighted by molar-refractivity contribution is 5.88. The quantitative estimate of drug-likeness (QED) is 0.769. The third-order valence-electron chi connectivity index (χ3n) is 7.72. The topological polar surface area (TPSA) is 55.4 Å². The van der Waals surface area contributed by atoms with Crippen LogP contribution in [0.4, 0.5) is 0 Å². The van der Waals surface area contributed by atoms with Crippen molar-refractivity contribution in [2.45, 2.75) is 84.8 Å². The third kappa shape index (κ3) is 3.04. The molecule has 1 saturated heterocycles. The van der Waals surface area contributed by atoms with Gasteiger partial charge < -0.3 is 10.1 Å². The van der Waals surface area contributed by atoms with Crippen LogP contribution in [-0.2, 0) is 14.3 Å². The first kappa shape index (κ1) is 19.6. The van der Waals surface area contributed by atoms with Crippen LogP contribution in [0.3, 0.4) is 0 Å². The van der Waals surface area contributed by atoms with E-state index < -0.39 is 0 Å². The van der Waals surface area contributed by atoms with Gasteiger partial charge in [-0.15, -0.1) is 0 Å². The molecule has 4 heteroatoms. The molecule has 0 aromatic heterocycles. The molecule has 0 radical (unpaired) electrons. The summed E-state index contributed by atoms with van der Waals surface area (Å²) >= 11 is 0. The molecule has 1 N–H and O–H groups in total. The van der Waals surface area contributed by atoms with Crippen LogP contribution in [0.5, 0.6) is 0 Å². The van der Waals surface area contributed by atoms with E-state index in [1.807, 2.05) is 6.08 Å². The molecule has 4 unspecified atom stereocenters. The van der Waals surface area contributed by atoms with Crippen molar-refractivity contribution in [2.75, 3.05) is 7.11 Å². The summed E-state index contributed by atoms with van der Waals surface area (Å²) in [5.41, 5.74) is 1.03.